The molecule has 0 unspecified atom stereocenters. The molecule has 0 bridgehead atoms. The summed E-state index contributed by atoms with van der Waals surface area (Å²) in [4.78, 5) is 37.1. The van der Waals surface area contributed by atoms with Crippen molar-refractivity contribution in [2.45, 2.75) is 50.9 Å². The number of carbonyl (C=O) groups excluding carboxylic acids is 3. The molecule has 34 heavy (non-hydrogen) atoms. The fraction of sp³-hybridized carbons (Fsp3) is 0.333. The van der Waals surface area contributed by atoms with E-state index in [1.165, 1.54) is 11.1 Å². The van der Waals surface area contributed by atoms with Crippen LogP contribution in [0.3, 0.4) is 0 Å². The van der Waals surface area contributed by atoms with Gasteiger partial charge in [0.1, 0.15) is 5.82 Å². The number of hydrogen-bond acceptors (Lipinski definition) is 5. The molecule has 7 nitrogen and oxygen atoms in total. The van der Waals surface area contributed by atoms with E-state index < -0.39 is 18.5 Å². The molecule has 174 valence electrons. The van der Waals surface area contributed by atoms with E-state index in [4.69, 9.17) is 4.74 Å². The first-order valence-electron chi connectivity index (χ1n) is 11.8. The van der Waals surface area contributed by atoms with E-state index >= 15 is 0 Å². The number of carbonyl (C=O) groups is 3. The number of ketones is 1. The van der Waals surface area contributed by atoms with Gasteiger partial charge >= 0.3 is 5.97 Å². The van der Waals surface area contributed by atoms with Crippen molar-refractivity contribution in [2.75, 3.05) is 11.9 Å². The number of nitrogens with one attached hydrogen (secondary N) is 1. The minimum atomic E-state index is -0.570. The Hall–Kier alpha value is -3.74. The summed E-state index contributed by atoms with van der Waals surface area (Å²) in [5.74, 6) is -0.129. The molecule has 0 aliphatic heterocycles. The van der Waals surface area contributed by atoms with Crippen molar-refractivity contribution in [3.63, 3.8) is 0 Å². The number of aryl methyl sites for hydroxylation is 2. The summed E-state index contributed by atoms with van der Waals surface area (Å²) in [6.07, 6.45) is 5.38. The smallest absolute Gasteiger partial charge is 0.306 e. The third kappa shape index (κ3) is 5.09. The lowest BCUT2D eigenvalue weighted by molar-refractivity contribution is -0.147. The standard InChI is InChI=1S/C27H27N3O4/c31-24(21-12-9-18-5-4-6-20(18)15-21)13-14-27(33)34-17-26(32)28-25-16-23(19-10-11-19)29-30(25)22-7-2-1-3-8-22/h1-3,7-9,12,15-16,19H,4-6,10-11,13-14,17H2,(H,28,32). The lowest BCUT2D eigenvalue weighted by atomic mass is 10.0. The van der Waals surface area contributed by atoms with Gasteiger partial charge in [-0.05, 0) is 61.4 Å². The number of hydrogen-bond donors (Lipinski definition) is 1. The van der Waals surface area contributed by atoms with Crippen molar-refractivity contribution in [1.82, 2.24) is 9.78 Å². The van der Waals surface area contributed by atoms with Crippen LogP contribution >= 0.6 is 0 Å². The maximum absolute atomic E-state index is 12.5. The first-order chi connectivity index (χ1) is 16.6. The summed E-state index contributed by atoms with van der Waals surface area (Å²) in [6.45, 7) is -0.412. The molecule has 1 amide bonds. The lowest BCUT2D eigenvalue weighted by Gasteiger charge is -2.09. The van der Waals surface area contributed by atoms with Crippen molar-refractivity contribution in [1.29, 1.82) is 0 Å². The van der Waals surface area contributed by atoms with Gasteiger partial charge in [-0.15, -0.1) is 0 Å². The Morgan fingerprint density at radius 3 is 2.56 bits per heavy atom. The summed E-state index contributed by atoms with van der Waals surface area (Å²) in [5.41, 5.74) is 4.95. The van der Waals surface area contributed by atoms with E-state index in [0.717, 1.165) is 43.5 Å². The second-order valence-corrected chi connectivity index (χ2v) is 8.95. The summed E-state index contributed by atoms with van der Waals surface area (Å²) >= 11 is 0. The van der Waals surface area contributed by atoms with Gasteiger partial charge in [0.25, 0.3) is 5.91 Å². The van der Waals surface area contributed by atoms with E-state index in [0.29, 0.717) is 17.3 Å². The highest BCUT2D eigenvalue weighted by Gasteiger charge is 2.28. The molecule has 2 aromatic carbocycles. The highest BCUT2D eigenvalue weighted by molar-refractivity contribution is 5.98. The Labute approximate surface area is 198 Å². The summed E-state index contributed by atoms with van der Waals surface area (Å²) in [7, 11) is 0. The minimum absolute atomic E-state index is 0.0586. The maximum Gasteiger partial charge on any atom is 0.306 e. The van der Waals surface area contributed by atoms with Gasteiger partial charge in [-0.25, -0.2) is 4.68 Å². The van der Waals surface area contributed by atoms with E-state index in [2.05, 4.69) is 10.4 Å². The van der Waals surface area contributed by atoms with E-state index in [1.807, 2.05) is 54.6 Å². The van der Waals surface area contributed by atoms with Crippen LogP contribution in [0.1, 0.15) is 65.2 Å². The molecule has 7 heteroatoms. The van der Waals surface area contributed by atoms with Crippen molar-refractivity contribution in [3.05, 3.63) is 77.0 Å². The average Bonchev–Trinajstić information content (AvgIpc) is 3.45. The van der Waals surface area contributed by atoms with Crippen molar-refractivity contribution >= 4 is 23.5 Å². The van der Waals surface area contributed by atoms with Crippen LogP contribution in [0.5, 0.6) is 0 Å². The van der Waals surface area contributed by atoms with Crippen molar-refractivity contribution in [3.8, 4) is 5.69 Å². The predicted molar refractivity (Wildman–Crippen MR) is 127 cm³/mol. The van der Waals surface area contributed by atoms with E-state index in [9.17, 15) is 14.4 Å². The van der Waals surface area contributed by atoms with Crippen molar-refractivity contribution in [2.24, 2.45) is 0 Å². The number of amides is 1. The Balaban J connectivity index is 1.13. The monoisotopic (exact) mass is 457 g/mol. The zero-order valence-corrected chi connectivity index (χ0v) is 19.0. The van der Waals surface area contributed by atoms with Gasteiger partial charge in [0.2, 0.25) is 0 Å². The van der Waals surface area contributed by atoms with E-state index in [-0.39, 0.29) is 18.6 Å². The number of fused-ring (bicyclic) bond motifs is 1. The molecule has 0 saturated heterocycles. The maximum atomic E-state index is 12.5. The molecule has 0 atom stereocenters. The van der Waals surface area contributed by atoms with Crippen LogP contribution in [0, 0.1) is 0 Å². The number of Topliss-reactive ketones (excluding diaryl/α,β-unsaturated/α-hetero) is 1. The molecule has 1 aromatic heterocycles. The Morgan fingerprint density at radius 2 is 1.76 bits per heavy atom. The number of para-hydroxylation sites is 1. The zero-order chi connectivity index (χ0) is 23.5. The third-order valence-corrected chi connectivity index (χ3v) is 6.33. The predicted octanol–water partition coefficient (Wildman–Crippen LogP) is 4.38. The largest absolute Gasteiger partial charge is 0.456 e. The highest BCUT2D eigenvalue weighted by atomic mass is 16.5. The topological polar surface area (TPSA) is 90.3 Å². The fourth-order valence-electron chi connectivity index (χ4n) is 4.34. The number of anilines is 1. The third-order valence-electron chi connectivity index (χ3n) is 6.33. The average molecular weight is 458 g/mol. The summed E-state index contributed by atoms with van der Waals surface area (Å²) < 4.78 is 6.81. The minimum Gasteiger partial charge on any atom is -0.456 e. The van der Waals surface area contributed by atoms with E-state index in [1.54, 1.807) is 4.68 Å². The van der Waals surface area contributed by atoms with Crippen LogP contribution < -0.4 is 5.32 Å². The second-order valence-electron chi connectivity index (χ2n) is 8.95. The highest BCUT2D eigenvalue weighted by Crippen LogP contribution is 2.40. The van der Waals surface area contributed by atoms with Crippen LogP contribution in [-0.2, 0) is 27.2 Å². The summed E-state index contributed by atoms with van der Waals surface area (Å²) in [6, 6.07) is 17.2. The molecule has 1 heterocycles. The molecule has 1 N–H and O–H groups in total. The number of ether oxygens (including phenoxy) is 1. The molecule has 5 rings (SSSR count). The van der Waals surface area contributed by atoms with Crippen LogP contribution in [0.15, 0.2) is 54.6 Å². The molecular formula is C27H27N3O4. The Kier molecular flexibility index (Phi) is 6.25. The van der Waals surface area contributed by atoms with Crippen LogP contribution in [0.2, 0.25) is 0 Å². The summed E-state index contributed by atoms with van der Waals surface area (Å²) in [5, 5.41) is 7.45. The molecule has 3 aromatic rings. The quantitative estimate of drug-likeness (QED) is 0.380. The Morgan fingerprint density at radius 1 is 0.971 bits per heavy atom. The van der Waals surface area contributed by atoms with Crippen LogP contribution in [0.4, 0.5) is 5.82 Å². The fourth-order valence-corrected chi connectivity index (χ4v) is 4.34. The first kappa shape index (κ1) is 22.1. The number of benzene rings is 2. The zero-order valence-electron chi connectivity index (χ0n) is 19.0. The number of esters is 1. The second kappa shape index (κ2) is 9.63. The lowest BCUT2D eigenvalue weighted by Crippen LogP contribution is -2.22. The van der Waals surface area contributed by atoms with Crippen molar-refractivity contribution < 1.29 is 19.1 Å². The number of aromatic nitrogens is 2. The van der Waals surface area contributed by atoms with Gasteiger partial charge < -0.3 is 10.1 Å². The first-order valence-corrected chi connectivity index (χ1v) is 11.8. The molecule has 1 fully saturated rings. The van der Waals surface area contributed by atoms with Gasteiger partial charge in [0.05, 0.1) is 17.8 Å². The van der Waals surface area contributed by atoms with Crippen LogP contribution in [0.25, 0.3) is 5.69 Å². The number of nitrogens with zero attached hydrogens (tertiary/aromatic N) is 2. The molecule has 2 aliphatic rings. The molecule has 0 radical (unpaired) electrons. The SMILES string of the molecule is O=C(COC(=O)CCC(=O)c1ccc2c(c1)CCC2)Nc1cc(C2CC2)nn1-c1ccccc1. The van der Waals surface area contributed by atoms with Crippen LogP contribution in [-0.4, -0.2) is 34.0 Å². The van der Waals surface area contributed by atoms with Gasteiger partial charge in [-0.3, -0.25) is 14.4 Å². The molecule has 2 aliphatic carbocycles. The Bertz CT molecular complexity index is 1230. The number of rotatable bonds is 9. The van der Waals surface area contributed by atoms with Gasteiger partial charge in [-0.2, -0.15) is 5.10 Å². The van der Waals surface area contributed by atoms with Gasteiger partial charge in [0, 0.05) is 24.0 Å². The van der Waals surface area contributed by atoms with Gasteiger partial charge in [-0.1, -0.05) is 30.3 Å². The normalized spacial score (nSPS) is 14.5. The molecule has 1 saturated carbocycles. The van der Waals surface area contributed by atoms with Gasteiger partial charge in [0.15, 0.2) is 12.4 Å². The molecule has 0 spiro atoms. The molecular weight excluding hydrogens is 430 g/mol.